The third-order valence-corrected chi connectivity index (χ3v) is 4.01. The van der Waals surface area contributed by atoms with Crippen molar-refractivity contribution in [2.45, 2.75) is 58.5 Å². The Morgan fingerprint density at radius 2 is 2.04 bits per heavy atom. The fourth-order valence-electron chi connectivity index (χ4n) is 2.32. The fraction of sp³-hybridized carbons (Fsp3) is 0.579. The number of amides is 1. The second-order valence-electron chi connectivity index (χ2n) is 6.02. The summed E-state index contributed by atoms with van der Waals surface area (Å²) in [7, 11) is 1.55. The highest BCUT2D eigenvalue weighted by Crippen LogP contribution is 2.25. The SMILES string of the molecule is CCCCC[C@@](C)(OC)C(=O)Nc1ccc(OCCC)c(C#N)c1. The number of unbranched alkanes of at least 4 members (excludes halogenated alkanes) is 2. The molecule has 1 aromatic carbocycles. The van der Waals surface area contributed by atoms with Gasteiger partial charge in [0.15, 0.2) is 0 Å². The maximum atomic E-state index is 12.6. The molecule has 0 fully saturated rings. The van der Waals surface area contributed by atoms with Crippen LogP contribution in [-0.2, 0) is 9.53 Å². The smallest absolute Gasteiger partial charge is 0.256 e. The van der Waals surface area contributed by atoms with Crippen LogP contribution in [0, 0.1) is 11.3 Å². The summed E-state index contributed by atoms with van der Waals surface area (Å²) in [5.74, 6) is 0.335. The summed E-state index contributed by atoms with van der Waals surface area (Å²) in [4.78, 5) is 12.6. The summed E-state index contributed by atoms with van der Waals surface area (Å²) < 4.78 is 11.0. The number of methoxy groups -OCH3 is 1. The van der Waals surface area contributed by atoms with Crippen LogP contribution in [0.5, 0.6) is 5.75 Å². The zero-order chi connectivity index (χ0) is 18.0. The van der Waals surface area contributed by atoms with Crippen LogP contribution in [0.4, 0.5) is 5.69 Å². The monoisotopic (exact) mass is 332 g/mol. The third-order valence-electron chi connectivity index (χ3n) is 4.01. The maximum absolute atomic E-state index is 12.6. The second-order valence-corrected chi connectivity index (χ2v) is 6.02. The van der Waals surface area contributed by atoms with Gasteiger partial charge < -0.3 is 14.8 Å². The van der Waals surface area contributed by atoms with Gasteiger partial charge in [0.05, 0.1) is 12.2 Å². The van der Waals surface area contributed by atoms with Crippen LogP contribution in [0.2, 0.25) is 0 Å². The molecular weight excluding hydrogens is 304 g/mol. The largest absolute Gasteiger partial charge is 0.492 e. The first-order valence-corrected chi connectivity index (χ1v) is 8.54. The van der Waals surface area contributed by atoms with Crippen LogP contribution >= 0.6 is 0 Å². The van der Waals surface area contributed by atoms with E-state index in [0.717, 1.165) is 25.7 Å². The van der Waals surface area contributed by atoms with E-state index in [9.17, 15) is 10.1 Å². The lowest BCUT2D eigenvalue weighted by Crippen LogP contribution is -2.41. The average molecular weight is 332 g/mol. The molecule has 0 bridgehead atoms. The molecule has 0 radical (unpaired) electrons. The molecule has 0 aromatic heterocycles. The highest BCUT2D eigenvalue weighted by Gasteiger charge is 2.32. The molecule has 0 spiro atoms. The van der Waals surface area contributed by atoms with Crippen molar-refractivity contribution < 1.29 is 14.3 Å². The quantitative estimate of drug-likeness (QED) is 0.649. The van der Waals surface area contributed by atoms with Gasteiger partial charge in [-0.2, -0.15) is 5.26 Å². The molecule has 0 aliphatic heterocycles. The summed E-state index contributed by atoms with van der Waals surface area (Å²) in [5, 5.41) is 12.1. The van der Waals surface area contributed by atoms with Crippen molar-refractivity contribution in [1.82, 2.24) is 0 Å². The van der Waals surface area contributed by atoms with Gasteiger partial charge in [-0.15, -0.1) is 0 Å². The minimum absolute atomic E-state index is 0.202. The molecule has 1 N–H and O–H groups in total. The highest BCUT2D eigenvalue weighted by molar-refractivity contribution is 5.97. The number of carbonyl (C=O) groups is 1. The van der Waals surface area contributed by atoms with Gasteiger partial charge in [-0.3, -0.25) is 4.79 Å². The number of ether oxygens (including phenoxy) is 2. The number of benzene rings is 1. The zero-order valence-corrected chi connectivity index (χ0v) is 15.1. The van der Waals surface area contributed by atoms with Crippen LogP contribution in [-0.4, -0.2) is 25.2 Å². The molecular formula is C19H28N2O3. The minimum Gasteiger partial charge on any atom is -0.492 e. The van der Waals surface area contributed by atoms with E-state index in [4.69, 9.17) is 9.47 Å². The van der Waals surface area contributed by atoms with E-state index in [-0.39, 0.29) is 5.91 Å². The number of nitriles is 1. The van der Waals surface area contributed by atoms with Crippen molar-refractivity contribution in [2.24, 2.45) is 0 Å². The summed E-state index contributed by atoms with van der Waals surface area (Å²) >= 11 is 0. The van der Waals surface area contributed by atoms with Crippen LogP contribution in [0.3, 0.4) is 0 Å². The predicted octanol–water partition coefficient (Wildman–Crippen LogP) is 4.27. The van der Waals surface area contributed by atoms with Crippen molar-refractivity contribution >= 4 is 11.6 Å². The fourth-order valence-corrected chi connectivity index (χ4v) is 2.32. The summed E-state index contributed by atoms with van der Waals surface area (Å²) in [6, 6.07) is 7.19. The molecule has 5 heteroatoms. The highest BCUT2D eigenvalue weighted by atomic mass is 16.5. The first kappa shape index (κ1) is 20.0. The van der Waals surface area contributed by atoms with E-state index in [1.165, 1.54) is 0 Å². The molecule has 0 aliphatic carbocycles. The van der Waals surface area contributed by atoms with Crippen LogP contribution in [0.1, 0.15) is 58.4 Å². The number of rotatable bonds is 10. The normalized spacial score (nSPS) is 13.0. The Bertz CT molecular complexity index is 580. The van der Waals surface area contributed by atoms with E-state index < -0.39 is 5.60 Å². The topological polar surface area (TPSA) is 71.3 Å². The second kappa shape index (κ2) is 9.94. The number of hydrogen-bond donors (Lipinski definition) is 1. The molecule has 1 aromatic rings. The Kier molecular flexibility index (Phi) is 8.28. The molecule has 5 nitrogen and oxygen atoms in total. The minimum atomic E-state index is -0.876. The Labute approximate surface area is 145 Å². The van der Waals surface area contributed by atoms with Crippen LogP contribution in [0.15, 0.2) is 18.2 Å². The summed E-state index contributed by atoms with van der Waals surface area (Å²) in [5.41, 5.74) is 0.102. The van der Waals surface area contributed by atoms with Crippen molar-refractivity contribution in [2.75, 3.05) is 19.0 Å². The molecule has 0 saturated carbocycles. The van der Waals surface area contributed by atoms with E-state index in [1.54, 1.807) is 32.2 Å². The lowest BCUT2D eigenvalue weighted by molar-refractivity contribution is -0.136. The Morgan fingerprint density at radius 3 is 2.62 bits per heavy atom. The van der Waals surface area contributed by atoms with Crippen molar-refractivity contribution in [3.8, 4) is 11.8 Å². The number of nitrogens with zero attached hydrogens (tertiary/aromatic N) is 1. The maximum Gasteiger partial charge on any atom is 0.256 e. The molecule has 1 atom stereocenters. The number of anilines is 1. The van der Waals surface area contributed by atoms with E-state index >= 15 is 0 Å². The van der Waals surface area contributed by atoms with E-state index in [2.05, 4.69) is 18.3 Å². The Morgan fingerprint density at radius 1 is 1.29 bits per heavy atom. The summed E-state index contributed by atoms with van der Waals surface area (Å²) in [6.07, 6.45) is 4.61. The molecule has 132 valence electrons. The molecule has 0 aliphatic rings. The van der Waals surface area contributed by atoms with Gasteiger partial charge in [0, 0.05) is 12.8 Å². The van der Waals surface area contributed by atoms with Gasteiger partial charge >= 0.3 is 0 Å². The van der Waals surface area contributed by atoms with Gasteiger partial charge in [0.2, 0.25) is 0 Å². The molecule has 24 heavy (non-hydrogen) atoms. The number of hydrogen-bond acceptors (Lipinski definition) is 4. The van der Waals surface area contributed by atoms with Gasteiger partial charge in [-0.25, -0.2) is 0 Å². The van der Waals surface area contributed by atoms with Crippen molar-refractivity contribution in [3.63, 3.8) is 0 Å². The first-order chi connectivity index (χ1) is 11.5. The standard InChI is InChI=1S/C19H28N2O3/c1-5-7-8-11-19(3,23-4)18(22)21-16-9-10-17(24-12-6-2)15(13-16)14-20/h9-10,13H,5-8,11-12H2,1-4H3,(H,21,22)/t19-/m1/s1. The number of carbonyl (C=O) groups excluding carboxylic acids is 1. The molecule has 1 rings (SSSR count). The first-order valence-electron chi connectivity index (χ1n) is 8.54. The van der Waals surface area contributed by atoms with Crippen LogP contribution < -0.4 is 10.1 Å². The zero-order valence-electron chi connectivity index (χ0n) is 15.1. The van der Waals surface area contributed by atoms with Crippen molar-refractivity contribution in [1.29, 1.82) is 5.26 Å². The molecule has 0 heterocycles. The predicted molar refractivity (Wildman–Crippen MR) is 95.1 cm³/mol. The van der Waals surface area contributed by atoms with Gasteiger partial charge in [-0.05, 0) is 38.0 Å². The van der Waals surface area contributed by atoms with Gasteiger partial charge in [0.1, 0.15) is 17.4 Å². The average Bonchev–Trinajstić information content (AvgIpc) is 2.60. The van der Waals surface area contributed by atoms with E-state index in [0.29, 0.717) is 30.0 Å². The molecule has 0 unspecified atom stereocenters. The van der Waals surface area contributed by atoms with Crippen LogP contribution in [0.25, 0.3) is 0 Å². The number of nitrogens with one attached hydrogen (secondary N) is 1. The lowest BCUT2D eigenvalue weighted by atomic mass is 9.97. The van der Waals surface area contributed by atoms with E-state index in [1.807, 2.05) is 6.92 Å². The molecule has 0 saturated heterocycles. The van der Waals surface area contributed by atoms with Crippen molar-refractivity contribution in [3.05, 3.63) is 23.8 Å². The summed E-state index contributed by atoms with van der Waals surface area (Å²) in [6.45, 7) is 6.47. The lowest BCUT2D eigenvalue weighted by Gasteiger charge is -2.27. The Hall–Kier alpha value is -2.06. The molecule has 1 amide bonds. The van der Waals surface area contributed by atoms with Gasteiger partial charge in [-0.1, -0.05) is 33.1 Å². The van der Waals surface area contributed by atoms with Gasteiger partial charge in [0.25, 0.3) is 5.91 Å². The Balaban J connectivity index is 2.83. The third kappa shape index (κ3) is 5.54.